The normalized spacial score (nSPS) is 10.2. The summed E-state index contributed by atoms with van der Waals surface area (Å²) in [6.07, 6.45) is 0. The largest absolute Gasteiger partial charge is 0.465 e. The summed E-state index contributed by atoms with van der Waals surface area (Å²) in [4.78, 5) is 11.8. The maximum Gasteiger partial charge on any atom is 0.339 e. The molecule has 0 aliphatic heterocycles. The Kier molecular flexibility index (Phi) is 4.92. The summed E-state index contributed by atoms with van der Waals surface area (Å²) in [5.41, 5.74) is 6.16. The first-order valence-corrected chi connectivity index (χ1v) is 6.57. The summed E-state index contributed by atoms with van der Waals surface area (Å²) >= 11 is 0. The number of hydroxylamine groups is 1. The third kappa shape index (κ3) is 3.39. The van der Waals surface area contributed by atoms with Gasteiger partial charge in [0.2, 0.25) is 0 Å². The van der Waals surface area contributed by atoms with E-state index in [-0.39, 0.29) is 5.97 Å². The van der Waals surface area contributed by atoms with Gasteiger partial charge in [0.1, 0.15) is 0 Å². The van der Waals surface area contributed by atoms with Gasteiger partial charge in [-0.25, -0.2) is 10.3 Å². The lowest BCUT2D eigenvalue weighted by Crippen LogP contribution is -2.09. The molecule has 0 aliphatic carbocycles. The molecule has 0 unspecified atom stereocenters. The maximum absolute atomic E-state index is 11.8. The summed E-state index contributed by atoms with van der Waals surface area (Å²) in [5, 5.41) is 12.1. The first kappa shape index (κ1) is 15.0. The number of ether oxygens (including phenoxy) is 1. The van der Waals surface area contributed by atoms with Gasteiger partial charge in [-0.3, -0.25) is 0 Å². The average molecular weight is 286 g/mol. The number of rotatable bonds is 5. The Bertz CT molecular complexity index is 641. The maximum atomic E-state index is 11.8. The minimum atomic E-state index is -0.385. The van der Waals surface area contributed by atoms with E-state index in [2.05, 4.69) is 10.8 Å². The van der Waals surface area contributed by atoms with Crippen molar-refractivity contribution in [2.45, 2.75) is 13.5 Å². The van der Waals surface area contributed by atoms with Gasteiger partial charge in [0.05, 0.1) is 18.4 Å². The number of nitrogens with one attached hydrogen (secondary N) is 2. The van der Waals surface area contributed by atoms with E-state index in [0.29, 0.717) is 17.8 Å². The lowest BCUT2D eigenvalue weighted by molar-refractivity contribution is 0.0602. The molecule has 0 aromatic heterocycles. The van der Waals surface area contributed by atoms with E-state index in [1.165, 1.54) is 7.11 Å². The summed E-state index contributed by atoms with van der Waals surface area (Å²) in [7, 11) is 1.36. The van der Waals surface area contributed by atoms with Gasteiger partial charge in [0.25, 0.3) is 0 Å². The third-order valence-corrected chi connectivity index (χ3v) is 3.32. The van der Waals surface area contributed by atoms with E-state index in [0.717, 1.165) is 16.8 Å². The molecular formula is C16H18N2O3. The van der Waals surface area contributed by atoms with Crippen LogP contribution in [-0.4, -0.2) is 18.3 Å². The summed E-state index contributed by atoms with van der Waals surface area (Å²) in [5.74, 6) is -0.385. The highest BCUT2D eigenvalue weighted by molar-refractivity contribution is 5.96. The summed E-state index contributed by atoms with van der Waals surface area (Å²) in [6, 6.07) is 12.9. The quantitative estimate of drug-likeness (QED) is 0.582. The molecule has 2 aromatic carbocycles. The summed E-state index contributed by atoms with van der Waals surface area (Å²) < 4.78 is 4.79. The summed E-state index contributed by atoms with van der Waals surface area (Å²) in [6.45, 7) is 2.32. The number of hydrogen-bond donors (Lipinski definition) is 3. The van der Waals surface area contributed by atoms with E-state index >= 15 is 0 Å². The molecule has 0 saturated heterocycles. The highest BCUT2D eigenvalue weighted by Gasteiger charge is 2.12. The molecule has 0 heterocycles. The first-order valence-electron chi connectivity index (χ1n) is 6.57. The zero-order valence-corrected chi connectivity index (χ0v) is 12.0. The second-order valence-electron chi connectivity index (χ2n) is 4.59. The zero-order valence-electron chi connectivity index (χ0n) is 12.0. The Labute approximate surface area is 123 Å². The molecule has 5 heteroatoms. The Hall–Kier alpha value is -2.37. The third-order valence-electron chi connectivity index (χ3n) is 3.32. The molecule has 0 fully saturated rings. The van der Waals surface area contributed by atoms with Crippen molar-refractivity contribution in [3.05, 3.63) is 59.2 Å². The van der Waals surface area contributed by atoms with Gasteiger partial charge in [-0.1, -0.05) is 24.3 Å². The zero-order chi connectivity index (χ0) is 15.2. The molecule has 0 radical (unpaired) electrons. The highest BCUT2D eigenvalue weighted by Crippen LogP contribution is 2.25. The van der Waals surface area contributed by atoms with Crippen molar-refractivity contribution in [3.8, 4) is 0 Å². The van der Waals surface area contributed by atoms with Crippen molar-refractivity contribution in [1.29, 1.82) is 0 Å². The SMILES string of the molecule is COC(=O)c1ccccc1Nc1cccc(CNO)c1C. The van der Waals surface area contributed by atoms with Gasteiger partial charge < -0.3 is 15.3 Å². The average Bonchev–Trinajstić information content (AvgIpc) is 2.51. The Morgan fingerprint density at radius 2 is 1.86 bits per heavy atom. The van der Waals surface area contributed by atoms with Crippen LogP contribution in [0.25, 0.3) is 0 Å². The van der Waals surface area contributed by atoms with Crippen LogP contribution >= 0.6 is 0 Å². The Morgan fingerprint density at radius 3 is 2.57 bits per heavy atom. The predicted molar refractivity (Wildman–Crippen MR) is 80.9 cm³/mol. The molecule has 0 bridgehead atoms. The van der Waals surface area contributed by atoms with Crippen molar-refractivity contribution in [2.75, 3.05) is 12.4 Å². The smallest absolute Gasteiger partial charge is 0.339 e. The number of hydrogen-bond acceptors (Lipinski definition) is 5. The first-order chi connectivity index (χ1) is 10.2. The molecular weight excluding hydrogens is 268 g/mol. The number of esters is 1. The fraction of sp³-hybridized carbons (Fsp3) is 0.188. The van der Waals surface area contributed by atoms with Crippen LogP contribution in [0, 0.1) is 6.92 Å². The van der Waals surface area contributed by atoms with Crippen LogP contribution in [0.5, 0.6) is 0 Å². The number of anilines is 2. The highest BCUT2D eigenvalue weighted by atomic mass is 16.5. The topological polar surface area (TPSA) is 70.6 Å². The van der Waals surface area contributed by atoms with Gasteiger partial charge >= 0.3 is 5.97 Å². The molecule has 0 saturated carbocycles. The Balaban J connectivity index is 2.35. The molecule has 0 spiro atoms. The number of benzene rings is 2. The lowest BCUT2D eigenvalue weighted by Gasteiger charge is -2.15. The fourth-order valence-corrected chi connectivity index (χ4v) is 2.12. The van der Waals surface area contributed by atoms with E-state index in [1.54, 1.807) is 12.1 Å². The molecule has 2 aromatic rings. The minimum absolute atomic E-state index is 0.361. The number of carbonyl (C=O) groups is 1. The van der Waals surface area contributed by atoms with E-state index in [1.807, 2.05) is 37.3 Å². The van der Waals surface area contributed by atoms with Crippen LogP contribution in [0.1, 0.15) is 21.5 Å². The van der Waals surface area contributed by atoms with Gasteiger partial charge in [0.15, 0.2) is 0 Å². The van der Waals surface area contributed by atoms with Crippen LogP contribution in [0.2, 0.25) is 0 Å². The number of carbonyl (C=O) groups excluding carboxylic acids is 1. The van der Waals surface area contributed by atoms with Crippen molar-refractivity contribution >= 4 is 17.3 Å². The van der Waals surface area contributed by atoms with Crippen molar-refractivity contribution in [1.82, 2.24) is 5.48 Å². The monoisotopic (exact) mass is 286 g/mol. The second-order valence-corrected chi connectivity index (χ2v) is 4.59. The van der Waals surface area contributed by atoms with Crippen LogP contribution in [-0.2, 0) is 11.3 Å². The molecule has 5 nitrogen and oxygen atoms in total. The van der Waals surface area contributed by atoms with Crippen LogP contribution < -0.4 is 10.8 Å². The predicted octanol–water partition coefficient (Wildman–Crippen LogP) is 3.00. The van der Waals surface area contributed by atoms with Gasteiger partial charge in [0, 0.05) is 12.2 Å². The molecule has 0 amide bonds. The Morgan fingerprint density at radius 1 is 1.14 bits per heavy atom. The second kappa shape index (κ2) is 6.88. The minimum Gasteiger partial charge on any atom is -0.465 e. The van der Waals surface area contributed by atoms with Crippen LogP contribution in [0.3, 0.4) is 0 Å². The van der Waals surface area contributed by atoms with E-state index in [9.17, 15) is 4.79 Å². The molecule has 21 heavy (non-hydrogen) atoms. The van der Waals surface area contributed by atoms with Crippen molar-refractivity contribution in [2.24, 2.45) is 0 Å². The molecule has 0 atom stereocenters. The fourth-order valence-electron chi connectivity index (χ4n) is 2.12. The van der Waals surface area contributed by atoms with Crippen LogP contribution in [0.4, 0.5) is 11.4 Å². The van der Waals surface area contributed by atoms with E-state index in [4.69, 9.17) is 9.94 Å². The van der Waals surface area contributed by atoms with E-state index < -0.39 is 0 Å². The van der Waals surface area contributed by atoms with Gasteiger partial charge in [-0.05, 0) is 36.2 Å². The molecule has 2 rings (SSSR count). The standard InChI is InChI=1S/C16H18N2O3/c1-11-12(10-17-20)6-5-9-14(11)18-15-8-4-3-7-13(15)16(19)21-2/h3-9,17-18,20H,10H2,1-2H3. The molecule has 0 aliphatic rings. The lowest BCUT2D eigenvalue weighted by atomic mass is 10.1. The van der Waals surface area contributed by atoms with Gasteiger partial charge in [-0.2, -0.15) is 0 Å². The number of methoxy groups -OCH3 is 1. The molecule has 110 valence electrons. The van der Waals surface area contributed by atoms with Crippen molar-refractivity contribution in [3.63, 3.8) is 0 Å². The number of para-hydroxylation sites is 1. The van der Waals surface area contributed by atoms with Gasteiger partial charge in [-0.15, -0.1) is 0 Å². The van der Waals surface area contributed by atoms with Crippen LogP contribution in [0.15, 0.2) is 42.5 Å². The van der Waals surface area contributed by atoms with Crippen molar-refractivity contribution < 1.29 is 14.7 Å². The molecule has 3 N–H and O–H groups in total.